The third-order valence-corrected chi connectivity index (χ3v) is 4.97. The number of rotatable bonds is 6. The van der Waals surface area contributed by atoms with Crippen LogP contribution < -0.4 is 5.32 Å². The average molecular weight is 317 g/mol. The van der Waals surface area contributed by atoms with Gasteiger partial charge in [-0.1, -0.05) is 6.07 Å². The van der Waals surface area contributed by atoms with Crippen LogP contribution in [-0.4, -0.2) is 42.2 Å². The predicted molar refractivity (Wildman–Crippen MR) is 90.0 cm³/mol. The first-order chi connectivity index (χ1) is 10.8. The quantitative estimate of drug-likeness (QED) is 0.889. The largest absolute Gasteiger partial charge is 0.376 e. The number of thiophene rings is 1. The van der Waals surface area contributed by atoms with E-state index in [1.54, 1.807) is 0 Å². The van der Waals surface area contributed by atoms with Crippen molar-refractivity contribution < 1.29 is 4.74 Å². The van der Waals surface area contributed by atoms with Crippen LogP contribution in [0.25, 0.3) is 0 Å². The Labute approximate surface area is 136 Å². The van der Waals surface area contributed by atoms with Gasteiger partial charge in [0, 0.05) is 43.4 Å². The van der Waals surface area contributed by atoms with Crippen LogP contribution in [0.15, 0.2) is 42.0 Å². The van der Waals surface area contributed by atoms with E-state index in [1.165, 1.54) is 10.4 Å². The summed E-state index contributed by atoms with van der Waals surface area (Å²) in [6.07, 6.45) is 4.01. The fraction of sp³-hybridized carbons (Fsp3) is 0.471. The Morgan fingerprint density at radius 3 is 3.00 bits per heavy atom. The molecular weight excluding hydrogens is 294 g/mol. The number of ether oxygens (including phenoxy) is 1. The van der Waals surface area contributed by atoms with Gasteiger partial charge >= 0.3 is 0 Å². The first-order valence-electron chi connectivity index (χ1n) is 7.81. The van der Waals surface area contributed by atoms with Crippen molar-refractivity contribution >= 4 is 11.3 Å². The van der Waals surface area contributed by atoms with Crippen LogP contribution in [0.2, 0.25) is 0 Å². The van der Waals surface area contributed by atoms with Gasteiger partial charge in [-0.05, 0) is 36.1 Å². The molecule has 3 heterocycles. The highest BCUT2D eigenvalue weighted by Gasteiger charge is 2.25. The first-order valence-corrected chi connectivity index (χ1v) is 8.69. The molecule has 118 valence electrons. The molecule has 4 nitrogen and oxygen atoms in total. The Morgan fingerprint density at radius 1 is 1.41 bits per heavy atom. The summed E-state index contributed by atoms with van der Waals surface area (Å²) in [6, 6.07) is 8.92. The van der Waals surface area contributed by atoms with E-state index in [4.69, 9.17) is 4.74 Å². The maximum Gasteiger partial charge on any atom is 0.0674 e. The van der Waals surface area contributed by atoms with Gasteiger partial charge in [0.2, 0.25) is 0 Å². The molecule has 0 bridgehead atoms. The van der Waals surface area contributed by atoms with Crippen LogP contribution in [0, 0.1) is 0 Å². The summed E-state index contributed by atoms with van der Waals surface area (Å²) >= 11 is 1.84. The van der Waals surface area contributed by atoms with E-state index in [2.05, 4.69) is 51.8 Å². The van der Waals surface area contributed by atoms with E-state index < -0.39 is 0 Å². The fourth-order valence-electron chi connectivity index (χ4n) is 2.87. The van der Waals surface area contributed by atoms with E-state index in [0.29, 0.717) is 12.1 Å². The number of hydrogen-bond donors (Lipinski definition) is 1. The van der Waals surface area contributed by atoms with Crippen LogP contribution in [0.3, 0.4) is 0 Å². The molecule has 0 saturated carbocycles. The summed E-state index contributed by atoms with van der Waals surface area (Å²) in [5.74, 6) is 0. The van der Waals surface area contributed by atoms with Crippen LogP contribution in [0.4, 0.5) is 0 Å². The summed E-state index contributed by atoms with van der Waals surface area (Å²) in [5.41, 5.74) is 1.27. The molecule has 2 aromatic rings. The van der Waals surface area contributed by atoms with Crippen molar-refractivity contribution in [2.24, 2.45) is 0 Å². The van der Waals surface area contributed by atoms with E-state index >= 15 is 0 Å². The summed E-state index contributed by atoms with van der Waals surface area (Å²) in [4.78, 5) is 8.03. The smallest absolute Gasteiger partial charge is 0.0674 e. The molecular formula is C17H23N3OS. The van der Waals surface area contributed by atoms with Crippen LogP contribution in [-0.2, 0) is 11.3 Å². The number of morpholine rings is 1. The fourth-order valence-corrected chi connectivity index (χ4v) is 3.73. The van der Waals surface area contributed by atoms with Crippen molar-refractivity contribution in [3.63, 3.8) is 0 Å². The Kier molecular flexibility index (Phi) is 5.56. The number of hydrogen-bond acceptors (Lipinski definition) is 5. The molecule has 2 aromatic heterocycles. The molecule has 0 unspecified atom stereocenters. The lowest BCUT2D eigenvalue weighted by Crippen LogP contribution is -2.45. The zero-order chi connectivity index (χ0) is 15.2. The molecule has 0 radical (unpaired) electrons. The second-order valence-corrected chi connectivity index (χ2v) is 6.67. The summed E-state index contributed by atoms with van der Waals surface area (Å²) in [5, 5.41) is 5.76. The monoisotopic (exact) mass is 317 g/mol. The van der Waals surface area contributed by atoms with Gasteiger partial charge < -0.3 is 10.1 Å². The van der Waals surface area contributed by atoms with Crippen LogP contribution in [0.5, 0.6) is 0 Å². The minimum atomic E-state index is 0.316. The number of pyridine rings is 1. The lowest BCUT2D eigenvalue weighted by atomic mass is 10.1. The summed E-state index contributed by atoms with van der Waals surface area (Å²) < 4.78 is 5.68. The highest BCUT2D eigenvalue weighted by molar-refractivity contribution is 7.10. The molecule has 2 atom stereocenters. The first kappa shape index (κ1) is 15.6. The minimum absolute atomic E-state index is 0.316. The van der Waals surface area contributed by atoms with Crippen molar-refractivity contribution in [3.05, 3.63) is 52.5 Å². The van der Waals surface area contributed by atoms with E-state index in [9.17, 15) is 0 Å². The van der Waals surface area contributed by atoms with Crippen LogP contribution >= 0.6 is 11.3 Å². The molecule has 3 rings (SSSR count). The lowest BCUT2D eigenvalue weighted by Gasteiger charge is -2.37. The molecule has 1 aliphatic heterocycles. The molecule has 1 N–H and O–H groups in total. The van der Waals surface area contributed by atoms with Gasteiger partial charge in [0.25, 0.3) is 0 Å². The summed E-state index contributed by atoms with van der Waals surface area (Å²) in [6.45, 7) is 6.82. The molecule has 0 spiro atoms. The second kappa shape index (κ2) is 7.83. The van der Waals surface area contributed by atoms with Crippen molar-refractivity contribution in [1.29, 1.82) is 0 Å². The molecule has 1 fully saturated rings. The van der Waals surface area contributed by atoms with Crippen molar-refractivity contribution in [2.75, 3.05) is 26.2 Å². The van der Waals surface area contributed by atoms with Crippen molar-refractivity contribution in [2.45, 2.75) is 25.6 Å². The van der Waals surface area contributed by atoms with Crippen molar-refractivity contribution in [3.8, 4) is 0 Å². The predicted octanol–water partition coefficient (Wildman–Crippen LogP) is 2.69. The molecule has 0 amide bonds. The molecule has 5 heteroatoms. The highest BCUT2D eigenvalue weighted by atomic mass is 32.1. The van der Waals surface area contributed by atoms with E-state index in [-0.39, 0.29) is 0 Å². The van der Waals surface area contributed by atoms with Gasteiger partial charge in [0.1, 0.15) is 0 Å². The third kappa shape index (κ3) is 4.14. The maximum absolute atomic E-state index is 5.68. The SMILES string of the molecule is C[C@H]1CN([C@@H](CNCc2ccncc2)c2cccs2)CCO1. The third-order valence-electron chi connectivity index (χ3n) is 4.00. The second-order valence-electron chi connectivity index (χ2n) is 5.69. The Bertz CT molecular complexity index is 546. The molecule has 1 aliphatic rings. The minimum Gasteiger partial charge on any atom is -0.376 e. The van der Waals surface area contributed by atoms with Gasteiger partial charge in [-0.15, -0.1) is 11.3 Å². The zero-order valence-electron chi connectivity index (χ0n) is 12.9. The topological polar surface area (TPSA) is 37.4 Å². The maximum atomic E-state index is 5.68. The standard InChI is InChI=1S/C17H23N3OS/c1-14-13-20(8-9-21-14)16(17-3-2-10-22-17)12-19-11-15-4-6-18-7-5-15/h2-7,10,14,16,19H,8-9,11-13H2,1H3/t14-,16-/m0/s1. The van der Waals surface area contributed by atoms with Crippen molar-refractivity contribution in [1.82, 2.24) is 15.2 Å². The Morgan fingerprint density at radius 2 is 2.27 bits per heavy atom. The van der Waals surface area contributed by atoms with Crippen LogP contribution in [0.1, 0.15) is 23.4 Å². The van der Waals surface area contributed by atoms with E-state index in [0.717, 1.165) is 32.8 Å². The summed E-state index contributed by atoms with van der Waals surface area (Å²) in [7, 11) is 0. The number of nitrogens with zero attached hydrogens (tertiary/aromatic N) is 2. The highest BCUT2D eigenvalue weighted by Crippen LogP contribution is 2.26. The van der Waals surface area contributed by atoms with Gasteiger partial charge in [0.05, 0.1) is 18.8 Å². The molecule has 0 aliphatic carbocycles. The zero-order valence-corrected chi connectivity index (χ0v) is 13.8. The Balaban J connectivity index is 1.61. The molecule has 22 heavy (non-hydrogen) atoms. The number of nitrogens with one attached hydrogen (secondary N) is 1. The molecule has 0 aromatic carbocycles. The normalized spacial score (nSPS) is 20.9. The van der Waals surface area contributed by atoms with Gasteiger partial charge in [-0.25, -0.2) is 0 Å². The van der Waals surface area contributed by atoms with Gasteiger partial charge in [-0.2, -0.15) is 0 Å². The lowest BCUT2D eigenvalue weighted by molar-refractivity contribution is -0.0339. The number of aromatic nitrogens is 1. The van der Waals surface area contributed by atoms with E-state index in [1.807, 2.05) is 23.7 Å². The average Bonchev–Trinajstić information content (AvgIpc) is 3.07. The van der Waals surface area contributed by atoms with Gasteiger partial charge in [0.15, 0.2) is 0 Å². The Hall–Kier alpha value is -1.27. The molecule has 1 saturated heterocycles. The van der Waals surface area contributed by atoms with Gasteiger partial charge in [-0.3, -0.25) is 9.88 Å².